The summed E-state index contributed by atoms with van der Waals surface area (Å²) in [6, 6.07) is 0.489. The van der Waals surface area contributed by atoms with Crippen molar-refractivity contribution in [3.63, 3.8) is 0 Å². The average molecular weight is 195 g/mol. The maximum Gasteiger partial charge on any atom is 0.328 e. The van der Waals surface area contributed by atoms with Gasteiger partial charge in [0.1, 0.15) is 0 Å². The molecule has 4 nitrogen and oxygen atoms in total. The van der Waals surface area contributed by atoms with Gasteiger partial charge in [0.15, 0.2) is 0 Å². The van der Waals surface area contributed by atoms with E-state index in [-0.39, 0.29) is 5.69 Å². The van der Waals surface area contributed by atoms with Gasteiger partial charge in [-0.3, -0.25) is 9.13 Å². The van der Waals surface area contributed by atoms with Crippen LogP contribution in [0.5, 0.6) is 0 Å². The maximum atomic E-state index is 11.8. The van der Waals surface area contributed by atoms with Crippen molar-refractivity contribution in [2.24, 2.45) is 0 Å². The first kappa shape index (κ1) is 9.52. The van der Waals surface area contributed by atoms with Crippen molar-refractivity contribution in [2.45, 2.75) is 25.4 Å². The molecule has 0 bridgehead atoms. The lowest BCUT2D eigenvalue weighted by Crippen LogP contribution is -2.27. The second-order valence-electron chi connectivity index (χ2n) is 4.22. The van der Waals surface area contributed by atoms with Crippen LogP contribution in [0.15, 0.2) is 17.2 Å². The minimum absolute atomic E-state index is 0.148. The van der Waals surface area contributed by atoms with E-state index in [1.807, 2.05) is 31.1 Å². The van der Waals surface area contributed by atoms with E-state index in [9.17, 15) is 4.79 Å². The van der Waals surface area contributed by atoms with E-state index in [2.05, 4.69) is 4.90 Å². The quantitative estimate of drug-likeness (QED) is 0.702. The minimum atomic E-state index is 0.148. The van der Waals surface area contributed by atoms with Crippen molar-refractivity contribution in [2.75, 3.05) is 20.6 Å². The van der Waals surface area contributed by atoms with E-state index < -0.39 is 0 Å². The molecule has 0 amide bonds. The van der Waals surface area contributed by atoms with Crippen molar-refractivity contribution in [3.05, 3.63) is 22.9 Å². The average Bonchev–Trinajstić information content (AvgIpc) is 2.89. The van der Waals surface area contributed by atoms with Crippen LogP contribution in [0.3, 0.4) is 0 Å². The fraction of sp³-hybridized carbons (Fsp3) is 0.700. The molecule has 0 aliphatic heterocycles. The summed E-state index contributed by atoms with van der Waals surface area (Å²) in [6.45, 7) is 1.69. The van der Waals surface area contributed by atoms with Crippen LogP contribution in [0.1, 0.15) is 18.9 Å². The van der Waals surface area contributed by atoms with Crippen molar-refractivity contribution in [1.29, 1.82) is 0 Å². The summed E-state index contributed by atoms with van der Waals surface area (Å²) in [4.78, 5) is 13.9. The van der Waals surface area contributed by atoms with E-state index in [1.165, 1.54) is 0 Å². The third-order valence-corrected chi connectivity index (χ3v) is 2.60. The highest BCUT2D eigenvalue weighted by atomic mass is 16.1. The molecule has 78 valence electrons. The van der Waals surface area contributed by atoms with Crippen LogP contribution < -0.4 is 5.69 Å². The fourth-order valence-corrected chi connectivity index (χ4v) is 1.54. The highest BCUT2D eigenvalue weighted by Crippen LogP contribution is 2.33. The molecule has 2 rings (SSSR count). The Morgan fingerprint density at radius 3 is 2.71 bits per heavy atom. The van der Waals surface area contributed by atoms with Gasteiger partial charge in [-0.1, -0.05) is 0 Å². The molecule has 1 fully saturated rings. The Hall–Kier alpha value is -1.03. The standard InChI is InChI=1S/C10H17N3O/c1-11(2)5-6-12-7-8-13(10(12)14)9-3-4-9/h7-9H,3-6H2,1-2H3. The Balaban J connectivity index is 2.07. The van der Waals surface area contributed by atoms with Gasteiger partial charge >= 0.3 is 5.69 Å². The summed E-state index contributed by atoms with van der Waals surface area (Å²) >= 11 is 0. The lowest BCUT2D eigenvalue weighted by molar-refractivity contribution is 0.379. The zero-order valence-corrected chi connectivity index (χ0v) is 8.81. The highest BCUT2D eigenvalue weighted by molar-refractivity contribution is 4.91. The molecular formula is C10H17N3O. The molecule has 1 aromatic rings. The smallest absolute Gasteiger partial charge is 0.308 e. The molecule has 0 aromatic carbocycles. The largest absolute Gasteiger partial charge is 0.328 e. The molecule has 0 saturated heterocycles. The molecular weight excluding hydrogens is 178 g/mol. The van der Waals surface area contributed by atoms with Crippen LogP contribution in [0.2, 0.25) is 0 Å². The first-order valence-corrected chi connectivity index (χ1v) is 5.10. The van der Waals surface area contributed by atoms with Crippen LogP contribution in [0, 0.1) is 0 Å². The Bertz CT molecular complexity index is 360. The van der Waals surface area contributed by atoms with Crippen LogP contribution in [0.25, 0.3) is 0 Å². The topological polar surface area (TPSA) is 30.2 Å². The summed E-state index contributed by atoms with van der Waals surface area (Å²) in [5, 5.41) is 0. The SMILES string of the molecule is CN(C)CCn1ccn(C2CC2)c1=O. The normalized spacial score (nSPS) is 16.5. The second kappa shape index (κ2) is 3.61. The molecule has 4 heteroatoms. The lowest BCUT2D eigenvalue weighted by Gasteiger charge is -2.08. The van der Waals surface area contributed by atoms with Gasteiger partial charge in [-0.15, -0.1) is 0 Å². The first-order chi connectivity index (χ1) is 6.68. The van der Waals surface area contributed by atoms with Crippen molar-refractivity contribution < 1.29 is 0 Å². The van der Waals surface area contributed by atoms with Gasteiger partial charge in [0.05, 0.1) is 0 Å². The molecule has 0 atom stereocenters. The fourth-order valence-electron chi connectivity index (χ4n) is 1.54. The van der Waals surface area contributed by atoms with Gasteiger partial charge in [-0.05, 0) is 26.9 Å². The molecule has 0 unspecified atom stereocenters. The summed E-state index contributed by atoms with van der Waals surface area (Å²) in [7, 11) is 4.03. The van der Waals surface area contributed by atoms with Gasteiger partial charge in [0, 0.05) is 31.5 Å². The third kappa shape index (κ3) is 1.90. The van der Waals surface area contributed by atoms with Gasteiger partial charge in [-0.2, -0.15) is 0 Å². The summed E-state index contributed by atoms with van der Waals surface area (Å²) < 4.78 is 3.65. The summed E-state index contributed by atoms with van der Waals surface area (Å²) in [5.74, 6) is 0. The van der Waals surface area contributed by atoms with Crippen LogP contribution in [-0.2, 0) is 6.54 Å². The van der Waals surface area contributed by atoms with Gasteiger partial charge in [0.2, 0.25) is 0 Å². The Kier molecular flexibility index (Phi) is 2.46. The third-order valence-electron chi connectivity index (χ3n) is 2.60. The van der Waals surface area contributed by atoms with Crippen LogP contribution >= 0.6 is 0 Å². The highest BCUT2D eigenvalue weighted by Gasteiger charge is 2.25. The number of imidazole rings is 1. The molecule has 1 aliphatic carbocycles. The molecule has 1 aromatic heterocycles. The maximum absolute atomic E-state index is 11.8. The Morgan fingerprint density at radius 2 is 2.14 bits per heavy atom. The molecule has 0 spiro atoms. The zero-order valence-electron chi connectivity index (χ0n) is 8.81. The number of likely N-dealkylation sites (N-methyl/N-ethyl adjacent to an activating group) is 1. The number of hydrogen-bond acceptors (Lipinski definition) is 2. The lowest BCUT2D eigenvalue weighted by atomic mass is 10.6. The monoisotopic (exact) mass is 195 g/mol. The Labute approximate surface area is 83.8 Å². The molecule has 14 heavy (non-hydrogen) atoms. The predicted octanol–water partition coefficient (Wildman–Crippen LogP) is 0.546. The minimum Gasteiger partial charge on any atom is -0.308 e. The number of nitrogens with zero attached hydrogens (tertiary/aromatic N) is 3. The van der Waals surface area contributed by atoms with Gasteiger partial charge in [-0.25, -0.2) is 4.79 Å². The van der Waals surface area contributed by atoms with Crippen molar-refractivity contribution >= 4 is 0 Å². The Morgan fingerprint density at radius 1 is 1.43 bits per heavy atom. The zero-order chi connectivity index (χ0) is 10.1. The predicted molar refractivity (Wildman–Crippen MR) is 55.5 cm³/mol. The summed E-state index contributed by atoms with van der Waals surface area (Å²) in [6.07, 6.45) is 6.13. The number of hydrogen-bond donors (Lipinski definition) is 0. The van der Waals surface area contributed by atoms with Gasteiger partial charge < -0.3 is 4.90 Å². The van der Waals surface area contributed by atoms with Crippen LogP contribution in [0.4, 0.5) is 0 Å². The molecule has 1 aliphatic rings. The molecule has 1 heterocycles. The van der Waals surface area contributed by atoms with Crippen LogP contribution in [-0.4, -0.2) is 34.7 Å². The van der Waals surface area contributed by atoms with Crippen molar-refractivity contribution in [3.8, 4) is 0 Å². The number of rotatable bonds is 4. The van der Waals surface area contributed by atoms with E-state index in [0.29, 0.717) is 6.04 Å². The molecule has 0 radical (unpaired) electrons. The molecule has 1 saturated carbocycles. The molecule has 0 N–H and O–H groups in total. The van der Waals surface area contributed by atoms with E-state index in [1.54, 1.807) is 4.57 Å². The second-order valence-corrected chi connectivity index (χ2v) is 4.22. The van der Waals surface area contributed by atoms with E-state index in [0.717, 1.165) is 25.9 Å². The van der Waals surface area contributed by atoms with Crippen molar-refractivity contribution in [1.82, 2.24) is 14.0 Å². The first-order valence-electron chi connectivity index (χ1n) is 5.10. The van der Waals surface area contributed by atoms with E-state index >= 15 is 0 Å². The van der Waals surface area contributed by atoms with Gasteiger partial charge in [0.25, 0.3) is 0 Å². The summed E-state index contributed by atoms with van der Waals surface area (Å²) in [5.41, 5.74) is 0.148. The van der Waals surface area contributed by atoms with E-state index in [4.69, 9.17) is 0 Å². The number of aromatic nitrogens is 2.